The van der Waals surface area contributed by atoms with Crippen molar-refractivity contribution in [2.24, 2.45) is 0 Å². The van der Waals surface area contributed by atoms with Crippen molar-refractivity contribution in [3.8, 4) is 12.1 Å². The van der Waals surface area contributed by atoms with Crippen molar-refractivity contribution in [1.82, 2.24) is 4.40 Å². The first-order valence-corrected chi connectivity index (χ1v) is 6.62. The Balaban J connectivity index is 2.50. The summed E-state index contributed by atoms with van der Waals surface area (Å²) >= 11 is 0. The summed E-state index contributed by atoms with van der Waals surface area (Å²) in [6.45, 7) is 0. The molecule has 0 amide bonds. The molecular weight excluding hydrogens is 278 g/mol. The van der Waals surface area contributed by atoms with Crippen LogP contribution in [0, 0.1) is 22.7 Å². The van der Waals surface area contributed by atoms with E-state index in [9.17, 15) is 15.3 Å². The molecule has 0 aliphatic carbocycles. The molecular formula is C17H11N3O2. The average Bonchev–Trinajstić information content (AvgIpc) is 2.95. The summed E-state index contributed by atoms with van der Waals surface area (Å²) < 4.78 is 6.56. The lowest BCUT2D eigenvalue weighted by atomic mass is 10.0. The van der Waals surface area contributed by atoms with Crippen LogP contribution in [0.3, 0.4) is 0 Å². The van der Waals surface area contributed by atoms with Gasteiger partial charge in [-0.2, -0.15) is 10.5 Å². The normalized spacial score (nSPS) is 10.5. The average molecular weight is 289 g/mol. The number of esters is 1. The second-order valence-corrected chi connectivity index (χ2v) is 4.78. The van der Waals surface area contributed by atoms with Crippen LogP contribution in [-0.4, -0.2) is 17.5 Å². The highest BCUT2D eigenvalue weighted by Crippen LogP contribution is 2.29. The van der Waals surface area contributed by atoms with E-state index >= 15 is 0 Å². The number of para-hydroxylation sites is 1. The van der Waals surface area contributed by atoms with Crippen molar-refractivity contribution in [2.45, 2.75) is 5.92 Å². The monoisotopic (exact) mass is 289 g/mol. The van der Waals surface area contributed by atoms with Crippen molar-refractivity contribution in [3.05, 3.63) is 53.7 Å². The van der Waals surface area contributed by atoms with Crippen molar-refractivity contribution in [3.63, 3.8) is 0 Å². The third-order valence-electron chi connectivity index (χ3n) is 3.62. The molecule has 5 heteroatoms. The molecule has 0 saturated heterocycles. The number of aromatic nitrogens is 1. The molecule has 0 bridgehead atoms. The number of pyridine rings is 1. The zero-order chi connectivity index (χ0) is 15.7. The lowest BCUT2D eigenvalue weighted by molar-refractivity contribution is 0.0599. The summed E-state index contributed by atoms with van der Waals surface area (Å²) in [7, 11) is 1.28. The van der Waals surface area contributed by atoms with Crippen molar-refractivity contribution in [1.29, 1.82) is 10.5 Å². The molecule has 0 unspecified atom stereocenters. The van der Waals surface area contributed by atoms with Crippen molar-refractivity contribution < 1.29 is 9.53 Å². The van der Waals surface area contributed by atoms with Gasteiger partial charge in [0.2, 0.25) is 0 Å². The van der Waals surface area contributed by atoms with Gasteiger partial charge in [0.25, 0.3) is 0 Å². The van der Waals surface area contributed by atoms with Gasteiger partial charge in [0.1, 0.15) is 0 Å². The highest BCUT2D eigenvalue weighted by Gasteiger charge is 2.25. The van der Waals surface area contributed by atoms with Crippen LogP contribution in [0.15, 0.2) is 42.5 Å². The molecule has 0 aliphatic rings. The minimum atomic E-state index is -1.05. The summed E-state index contributed by atoms with van der Waals surface area (Å²) in [6.07, 6.45) is 0. The summed E-state index contributed by atoms with van der Waals surface area (Å²) in [6, 6.07) is 16.9. The van der Waals surface area contributed by atoms with E-state index in [1.165, 1.54) is 7.11 Å². The molecule has 1 aromatic carbocycles. The first-order valence-electron chi connectivity index (χ1n) is 6.62. The Bertz CT molecular complexity index is 959. The van der Waals surface area contributed by atoms with E-state index in [-0.39, 0.29) is 5.56 Å². The van der Waals surface area contributed by atoms with E-state index < -0.39 is 11.9 Å². The van der Waals surface area contributed by atoms with E-state index in [1.807, 2.05) is 48.5 Å². The van der Waals surface area contributed by atoms with Crippen molar-refractivity contribution in [2.75, 3.05) is 7.11 Å². The maximum atomic E-state index is 12.0. The van der Waals surface area contributed by atoms with Crippen LogP contribution in [0.5, 0.6) is 0 Å². The van der Waals surface area contributed by atoms with Crippen LogP contribution in [0.25, 0.3) is 16.4 Å². The fourth-order valence-corrected chi connectivity index (χ4v) is 2.65. The Morgan fingerprint density at radius 1 is 1.18 bits per heavy atom. The Morgan fingerprint density at radius 3 is 2.59 bits per heavy atom. The van der Waals surface area contributed by atoms with Gasteiger partial charge in [-0.15, -0.1) is 0 Å². The summed E-state index contributed by atoms with van der Waals surface area (Å²) in [5.74, 6) is -1.61. The molecule has 106 valence electrons. The van der Waals surface area contributed by atoms with E-state index in [2.05, 4.69) is 0 Å². The fraction of sp³-hybridized carbons (Fsp3) is 0.118. The molecule has 2 heterocycles. The predicted octanol–water partition coefficient (Wildman–Crippen LogP) is 3.01. The maximum Gasteiger partial charge on any atom is 0.339 e. The molecule has 3 aromatic rings. The largest absolute Gasteiger partial charge is 0.465 e. The standard InChI is InChI=1S/C17H11N3O2/c1-22-17(21)14-8-13-7-6-11-4-2-3-5-15(11)20(13)16(14)12(9-18)10-19/h2-8,12H,1H3. The number of carbonyl (C=O) groups excluding carboxylic acids is 1. The Hall–Kier alpha value is -3.31. The third-order valence-corrected chi connectivity index (χ3v) is 3.62. The lowest BCUT2D eigenvalue weighted by Gasteiger charge is -2.09. The van der Waals surface area contributed by atoms with Gasteiger partial charge < -0.3 is 9.14 Å². The molecule has 2 aromatic heterocycles. The van der Waals surface area contributed by atoms with Crippen LogP contribution >= 0.6 is 0 Å². The lowest BCUT2D eigenvalue weighted by Crippen LogP contribution is -2.08. The molecule has 0 N–H and O–H groups in total. The predicted molar refractivity (Wildman–Crippen MR) is 80.2 cm³/mol. The third kappa shape index (κ3) is 1.88. The first-order chi connectivity index (χ1) is 10.7. The molecule has 0 fully saturated rings. The maximum absolute atomic E-state index is 12.0. The van der Waals surface area contributed by atoms with Gasteiger partial charge in [-0.3, -0.25) is 0 Å². The number of nitrogens with zero attached hydrogens (tertiary/aromatic N) is 3. The van der Waals surface area contributed by atoms with E-state index in [1.54, 1.807) is 10.5 Å². The zero-order valence-corrected chi connectivity index (χ0v) is 11.8. The number of carbonyl (C=O) groups is 1. The quantitative estimate of drug-likeness (QED) is 0.679. The van der Waals surface area contributed by atoms with Crippen LogP contribution in [0.1, 0.15) is 22.0 Å². The molecule has 0 saturated carbocycles. The topological polar surface area (TPSA) is 78.3 Å². The second kappa shape index (κ2) is 5.23. The molecule has 3 rings (SSSR count). The smallest absolute Gasteiger partial charge is 0.339 e. The number of rotatable bonds is 2. The fourth-order valence-electron chi connectivity index (χ4n) is 2.65. The molecule has 0 aliphatic heterocycles. The van der Waals surface area contributed by atoms with Crippen LogP contribution in [0.2, 0.25) is 0 Å². The minimum absolute atomic E-state index is 0.243. The van der Waals surface area contributed by atoms with Gasteiger partial charge in [0, 0.05) is 5.52 Å². The SMILES string of the molecule is COC(=O)c1cc2ccc3ccccc3n2c1C(C#N)C#N. The number of hydrogen-bond donors (Lipinski definition) is 0. The van der Waals surface area contributed by atoms with E-state index in [4.69, 9.17) is 4.74 Å². The van der Waals surface area contributed by atoms with E-state index in [0.717, 1.165) is 16.4 Å². The van der Waals surface area contributed by atoms with Gasteiger partial charge in [0.05, 0.1) is 36.0 Å². The Labute approximate surface area is 126 Å². The first kappa shape index (κ1) is 13.7. The minimum Gasteiger partial charge on any atom is -0.465 e. The van der Waals surface area contributed by atoms with Gasteiger partial charge in [-0.1, -0.05) is 24.3 Å². The number of hydrogen-bond acceptors (Lipinski definition) is 4. The molecule has 0 atom stereocenters. The number of nitriles is 2. The summed E-state index contributed by atoms with van der Waals surface area (Å²) in [4.78, 5) is 12.0. The van der Waals surface area contributed by atoms with Crippen LogP contribution in [0.4, 0.5) is 0 Å². The number of ether oxygens (including phenoxy) is 1. The van der Waals surface area contributed by atoms with Gasteiger partial charge in [-0.25, -0.2) is 4.79 Å². The molecule has 5 nitrogen and oxygen atoms in total. The van der Waals surface area contributed by atoms with Gasteiger partial charge in [-0.05, 0) is 23.6 Å². The highest BCUT2D eigenvalue weighted by molar-refractivity contribution is 5.95. The summed E-state index contributed by atoms with van der Waals surface area (Å²) in [5, 5.41) is 19.5. The Kier molecular flexibility index (Phi) is 3.25. The molecule has 22 heavy (non-hydrogen) atoms. The number of fused-ring (bicyclic) bond motifs is 3. The van der Waals surface area contributed by atoms with E-state index in [0.29, 0.717) is 5.69 Å². The summed E-state index contributed by atoms with van der Waals surface area (Å²) in [5.41, 5.74) is 2.17. The number of benzene rings is 1. The highest BCUT2D eigenvalue weighted by atomic mass is 16.5. The van der Waals surface area contributed by atoms with Crippen LogP contribution in [-0.2, 0) is 4.74 Å². The molecule has 0 spiro atoms. The number of methoxy groups -OCH3 is 1. The van der Waals surface area contributed by atoms with Crippen molar-refractivity contribution >= 4 is 22.4 Å². The Morgan fingerprint density at radius 2 is 1.91 bits per heavy atom. The van der Waals surface area contributed by atoms with Gasteiger partial charge >= 0.3 is 5.97 Å². The molecule has 0 radical (unpaired) electrons. The van der Waals surface area contributed by atoms with Gasteiger partial charge in [0.15, 0.2) is 5.92 Å². The van der Waals surface area contributed by atoms with Crippen LogP contribution < -0.4 is 0 Å². The zero-order valence-electron chi connectivity index (χ0n) is 11.8. The second-order valence-electron chi connectivity index (χ2n) is 4.78.